The summed E-state index contributed by atoms with van der Waals surface area (Å²) in [6.07, 6.45) is -2.18. The molecular formula is C27H22F2O5. The van der Waals surface area contributed by atoms with E-state index in [1.54, 1.807) is 24.3 Å². The maximum Gasteiger partial charge on any atom is 0.586 e. The van der Waals surface area contributed by atoms with E-state index in [9.17, 15) is 18.4 Å². The fourth-order valence-corrected chi connectivity index (χ4v) is 4.48. The second-order valence-electron chi connectivity index (χ2n) is 8.73. The lowest BCUT2D eigenvalue weighted by Crippen LogP contribution is -2.26. The second kappa shape index (κ2) is 7.94. The zero-order chi connectivity index (χ0) is 24.1. The molecule has 3 aromatic rings. The highest BCUT2D eigenvalue weighted by atomic mass is 19.3. The number of fused-ring (bicyclic) bond motifs is 1. The van der Waals surface area contributed by atoms with Crippen molar-refractivity contribution in [3.63, 3.8) is 0 Å². The van der Waals surface area contributed by atoms with Gasteiger partial charge in [0.1, 0.15) is 5.78 Å². The fraction of sp³-hybridized carbons (Fsp3) is 0.259. The molecule has 0 unspecified atom stereocenters. The number of carbonyl (C=O) groups excluding carboxylic acids is 2. The van der Waals surface area contributed by atoms with Gasteiger partial charge < -0.3 is 14.2 Å². The van der Waals surface area contributed by atoms with Crippen LogP contribution in [0.15, 0.2) is 60.7 Å². The lowest BCUT2D eigenvalue weighted by Gasteiger charge is -2.16. The summed E-state index contributed by atoms with van der Waals surface area (Å²) < 4.78 is 40.6. The van der Waals surface area contributed by atoms with Crippen LogP contribution in [0.5, 0.6) is 11.5 Å². The number of hydrogen-bond acceptors (Lipinski definition) is 5. The summed E-state index contributed by atoms with van der Waals surface area (Å²) in [5.41, 5.74) is 4.04. The van der Waals surface area contributed by atoms with Gasteiger partial charge in [-0.25, -0.2) is 4.79 Å². The van der Waals surface area contributed by atoms with Gasteiger partial charge in [-0.1, -0.05) is 36.4 Å². The summed E-state index contributed by atoms with van der Waals surface area (Å²) >= 11 is 0. The minimum Gasteiger partial charge on any atom is -0.465 e. The Morgan fingerprint density at radius 2 is 1.74 bits per heavy atom. The Bertz CT molecular complexity index is 1310. The van der Waals surface area contributed by atoms with Gasteiger partial charge in [0.25, 0.3) is 0 Å². The molecule has 0 atom stereocenters. The zero-order valence-electron chi connectivity index (χ0n) is 18.7. The maximum absolute atomic E-state index is 13.4. The van der Waals surface area contributed by atoms with Crippen LogP contribution < -0.4 is 9.47 Å². The van der Waals surface area contributed by atoms with E-state index in [-0.39, 0.29) is 23.7 Å². The molecule has 0 spiro atoms. The van der Waals surface area contributed by atoms with Crippen LogP contribution >= 0.6 is 0 Å². The van der Waals surface area contributed by atoms with Gasteiger partial charge >= 0.3 is 12.3 Å². The van der Waals surface area contributed by atoms with Gasteiger partial charge in [-0.05, 0) is 71.8 Å². The third-order valence-electron chi connectivity index (χ3n) is 6.50. The van der Waals surface area contributed by atoms with Crippen molar-refractivity contribution in [2.24, 2.45) is 0 Å². The smallest absolute Gasteiger partial charge is 0.465 e. The number of aryl methyl sites for hydroxylation is 1. The zero-order valence-corrected chi connectivity index (χ0v) is 18.7. The molecule has 1 saturated carbocycles. The Morgan fingerprint density at radius 1 is 0.971 bits per heavy atom. The lowest BCUT2D eigenvalue weighted by atomic mass is 9.86. The molecule has 7 heteroatoms. The van der Waals surface area contributed by atoms with Crippen LogP contribution in [0.1, 0.15) is 39.9 Å². The highest BCUT2D eigenvalue weighted by molar-refractivity contribution is 5.95. The number of rotatable bonds is 6. The molecule has 0 aromatic heterocycles. The lowest BCUT2D eigenvalue weighted by molar-refractivity contribution is -0.286. The molecular weight excluding hydrogens is 442 g/mol. The first-order valence-corrected chi connectivity index (χ1v) is 10.9. The molecule has 1 aliphatic carbocycles. The number of Topliss-reactive ketones (excluding diaryl/α,β-unsaturated/α-hetero) is 1. The van der Waals surface area contributed by atoms with Gasteiger partial charge in [0.2, 0.25) is 0 Å². The first-order valence-electron chi connectivity index (χ1n) is 10.9. The molecule has 5 rings (SSSR count). The van der Waals surface area contributed by atoms with Gasteiger partial charge in [-0.15, -0.1) is 8.78 Å². The average Bonchev–Trinajstić information content (AvgIpc) is 3.57. The largest absolute Gasteiger partial charge is 0.586 e. The van der Waals surface area contributed by atoms with E-state index in [0.717, 1.165) is 22.3 Å². The minimum atomic E-state index is -3.69. The first kappa shape index (κ1) is 22.1. The molecule has 0 bridgehead atoms. The molecule has 0 radical (unpaired) electrons. The molecule has 1 fully saturated rings. The van der Waals surface area contributed by atoms with E-state index in [4.69, 9.17) is 4.74 Å². The Hall–Kier alpha value is -3.74. The summed E-state index contributed by atoms with van der Waals surface area (Å²) in [7, 11) is 1.34. The van der Waals surface area contributed by atoms with Crippen molar-refractivity contribution >= 4 is 11.8 Å². The quantitative estimate of drug-likeness (QED) is 0.444. The summed E-state index contributed by atoms with van der Waals surface area (Å²) in [4.78, 5) is 25.3. The van der Waals surface area contributed by atoms with Crippen molar-refractivity contribution in [1.82, 2.24) is 0 Å². The van der Waals surface area contributed by atoms with Crippen molar-refractivity contribution < 1.29 is 32.6 Å². The van der Waals surface area contributed by atoms with Gasteiger partial charge in [-0.2, -0.15) is 0 Å². The van der Waals surface area contributed by atoms with Crippen LogP contribution in [-0.4, -0.2) is 25.2 Å². The van der Waals surface area contributed by atoms with E-state index in [0.29, 0.717) is 24.0 Å². The summed E-state index contributed by atoms with van der Waals surface area (Å²) in [5.74, 6) is -0.474. The molecule has 0 amide bonds. The van der Waals surface area contributed by atoms with E-state index in [1.165, 1.54) is 19.2 Å². The second-order valence-corrected chi connectivity index (χ2v) is 8.73. The molecule has 0 saturated heterocycles. The van der Waals surface area contributed by atoms with E-state index in [1.807, 2.05) is 31.2 Å². The van der Waals surface area contributed by atoms with Gasteiger partial charge in [0.15, 0.2) is 11.5 Å². The predicted octanol–water partition coefficient (Wildman–Crippen LogP) is 5.61. The molecule has 2 aliphatic rings. The number of ketones is 1. The molecule has 3 aromatic carbocycles. The first-order chi connectivity index (χ1) is 16.2. The minimum absolute atomic E-state index is 0.0243. The van der Waals surface area contributed by atoms with Crippen molar-refractivity contribution in [3.05, 3.63) is 82.9 Å². The van der Waals surface area contributed by atoms with Crippen LogP contribution in [0, 0.1) is 6.92 Å². The Balaban J connectivity index is 1.40. The number of carbonyl (C=O) groups is 2. The third kappa shape index (κ3) is 3.91. The number of methoxy groups -OCH3 is 1. The highest BCUT2D eigenvalue weighted by Gasteiger charge is 2.52. The number of esters is 1. The summed E-state index contributed by atoms with van der Waals surface area (Å²) in [6, 6.07) is 17.6. The molecule has 0 N–H and O–H groups in total. The maximum atomic E-state index is 13.4. The van der Waals surface area contributed by atoms with Crippen LogP contribution in [0.3, 0.4) is 0 Å². The van der Waals surface area contributed by atoms with Crippen molar-refractivity contribution in [2.45, 2.75) is 37.9 Å². The monoisotopic (exact) mass is 464 g/mol. The molecule has 174 valence electrons. The topological polar surface area (TPSA) is 61.8 Å². The fourth-order valence-electron chi connectivity index (χ4n) is 4.48. The van der Waals surface area contributed by atoms with Gasteiger partial charge in [0, 0.05) is 6.42 Å². The number of hydrogen-bond donors (Lipinski definition) is 0. The Morgan fingerprint density at radius 3 is 2.47 bits per heavy atom. The SMILES string of the molecule is COC(=O)c1cccc(-c2cc(CC(=O)C3(c4ccc5c(c4)OC(F)(F)O5)CC3)ccc2C)c1. The van der Waals surface area contributed by atoms with Crippen molar-refractivity contribution in [1.29, 1.82) is 0 Å². The average molecular weight is 464 g/mol. The number of alkyl halides is 2. The molecule has 1 heterocycles. The molecule has 1 aliphatic heterocycles. The standard InChI is InChI=1S/C27H22F2O5/c1-16-6-7-17(12-21(16)18-4-3-5-19(14-18)25(31)32-2)13-24(30)26(10-11-26)20-8-9-22-23(15-20)34-27(28,29)33-22/h3-9,12,14-15H,10-11,13H2,1-2H3. The van der Waals surface area contributed by atoms with Crippen LogP contribution in [0.25, 0.3) is 11.1 Å². The summed E-state index contributed by atoms with van der Waals surface area (Å²) in [6.45, 7) is 1.97. The Labute approximate surface area is 195 Å². The van der Waals surface area contributed by atoms with Gasteiger partial charge in [-0.3, -0.25) is 4.79 Å². The molecule has 5 nitrogen and oxygen atoms in total. The van der Waals surface area contributed by atoms with E-state index < -0.39 is 17.7 Å². The van der Waals surface area contributed by atoms with Crippen LogP contribution in [-0.2, 0) is 21.4 Å². The van der Waals surface area contributed by atoms with Crippen LogP contribution in [0.4, 0.5) is 8.78 Å². The number of benzene rings is 3. The number of halogens is 2. The van der Waals surface area contributed by atoms with E-state index in [2.05, 4.69) is 9.47 Å². The third-order valence-corrected chi connectivity index (χ3v) is 6.50. The summed E-state index contributed by atoms with van der Waals surface area (Å²) in [5, 5.41) is 0. The van der Waals surface area contributed by atoms with Crippen molar-refractivity contribution in [3.8, 4) is 22.6 Å². The van der Waals surface area contributed by atoms with Crippen LogP contribution in [0.2, 0.25) is 0 Å². The Kier molecular flexibility index (Phi) is 5.15. The van der Waals surface area contributed by atoms with Gasteiger partial charge in [0.05, 0.1) is 18.1 Å². The predicted molar refractivity (Wildman–Crippen MR) is 120 cm³/mol. The van der Waals surface area contributed by atoms with E-state index >= 15 is 0 Å². The molecule has 34 heavy (non-hydrogen) atoms. The van der Waals surface area contributed by atoms with Crippen molar-refractivity contribution in [2.75, 3.05) is 7.11 Å². The number of ether oxygens (including phenoxy) is 3. The normalized spacial score (nSPS) is 16.7. The highest BCUT2D eigenvalue weighted by Crippen LogP contribution is 2.52.